The second kappa shape index (κ2) is 6.05. The van der Waals surface area contributed by atoms with Gasteiger partial charge in [0.05, 0.1) is 11.4 Å². The Morgan fingerprint density at radius 3 is 2.39 bits per heavy atom. The first-order chi connectivity index (χ1) is 8.41. The fraction of sp³-hybridized carbons (Fsp3) is 0.385. The molecule has 0 aliphatic rings. The van der Waals surface area contributed by atoms with Gasteiger partial charge in [0.25, 0.3) is 0 Å². The SMILES string of the molecule is CC(=O)N(C)c1ccccc1NC(=O)NC(C)C. The smallest absolute Gasteiger partial charge is 0.319 e. The molecule has 0 saturated heterocycles. The lowest BCUT2D eigenvalue weighted by Gasteiger charge is -2.19. The number of amides is 3. The van der Waals surface area contributed by atoms with Crippen LogP contribution in [0.4, 0.5) is 16.2 Å². The Morgan fingerprint density at radius 1 is 1.22 bits per heavy atom. The molecule has 2 N–H and O–H groups in total. The molecule has 0 bridgehead atoms. The molecule has 98 valence electrons. The molecule has 0 aromatic heterocycles. The summed E-state index contributed by atoms with van der Waals surface area (Å²) in [6.07, 6.45) is 0. The summed E-state index contributed by atoms with van der Waals surface area (Å²) in [7, 11) is 1.67. The van der Waals surface area contributed by atoms with E-state index < -0.39 is 0 Å². The third-order valence-corrected chi connectivity index (χ3v) is 2.41. The average Bonchev–Trinajstić information content (AvgIpc) is 2.27. The molecule has 3 amide bonds. The largest absolute Gasteiger partial charge is 0.336 e. The van der Waals surface area contributed by atoms with Crippen molar-refractivity contribution in [2.45, 2.75) is 26.8 Å². The lowest BCUT2D eigenvalue weighted by atomic mass is 10.2. The van der Waals surface area contributed by atoms with Crippen LogP contribution in [-0.2, 0) is 4.79 Å². The number of nitrogens with zero attached hydrogens (tertiary/aromatic N) is 1. The van der Waals surface area contributed by atoms with E-state index in [-0.39, 0.29) is 18.0 Å². The van der Waals surface area contributed by atoms with E-state index in [4.69, 9.17) is 0 Å². The van der Waals surface area contributed by atoms with Crippen molar-refractivity contribution in [1.82, 2.24) is 5.32 Å². The standard InChI is InChI=1S/C13H19N3O2/c1-9(2)14-13(18)15-11-7-5-6-8-12(11)16(4)10(3)17/h5-9H,1-4H3,(H2,14,15,18). The fourth-order valence-corrected chi connectivity index (χ4v) is 1.46. The van der Waals surface area contributed by atoms with Gasteiger partial charge in [0.2, 0.25) is 5.91 Å². The molecule has 0 aliphatic carbocycles. The maximum atomic E-state index is 11.6. The molecule has 0 unspecified atom stereocenters. The van der Waals surface area contributed by atoms with Gasteiger partial charge in [0.15, 0.2) is 0 Å². The van der Waals surface area contributed by atoms with E-state index in [2.05, 4.69) is 10.6 Å². The number of rotatable bonds is 3. The molecule has 0 spiro atoms. The van der Waals surface area contributed by atoms with E-state index >= 15 is 0 Å². The Bertz CT molecular complexity index is 444. The monoisotopic (exact) mass is 249 g/mol. The molecule has 1 aromatic rings. The van der Waals surface area contributed by atoms with Crippen molar-refractivity contribution in [2.75, 3.05) is 17.3 Å². The number of hydrogen-bond donors (Lipinski definition) is 2. The van der Waals surface area contributed by atoms with E-state index in [0.29, 0.717) is 11.4 Å². The minimum absolute atomic E-state index is 0.0581. The zero-order chi connectivity index (χ0) is 13.7. The summed E-state index contributed by atoms with van der Waals surface area (Å²) in [4.78, 5) is 24.5. The Balaban J connectivity index is 2.89. The van der Waals surface area contributed by atoms with Crippen LogP contribution in [0.2, 0.25) is 0 Å². The van der Waals surface area contributed by atoms with E-state index in [1.165, 1.54) is 11.8 Å². The van der Waals surface area contributed by atoms with E-state index in [1.807, 2.05) is 26.0 Å². The lowest BCUT2D eigenvalue weighted by Crippen LogP contribution is -2.35. The highest BCUT2D eigenvalue weighted by molar-refractivity contribution is 5.99. The molecule has 0 aliphatic heterocycles. The Kier molecular flexibility index (Phi) is 4.71. The maximum Gasteiger partial charge on any atom is 0.319 e. The summed E-state index contributed by atoms with van der Waals surface area (Å²) in [6, 6.07) is 6.95. The lowest BCUT2D eigenvalue weighted by molar-refractivity contribution is -0.116. The van der Waals surface area contributed by atoms with Crippen molar-refractivity contribution in [1.29, 1.82) is 0 Å². The Labute approximate surface area is 107 Å². The van der Waals surface area contributed by atoms with E-state index in [1.54, 1.807) is 19.2 Å². The van der Waals surface area contributed by atoms with Crippen LogP contribution in [-0.4, -0.2) is 25.0 Å². The summed E-state index contributed by atoms with van der Waals surface area (Å²) >= 11 is 0. The number of para-hydroxylation sites is 2. The summed E-state index contributed by atoms with van der Waals surface area (Å²) in [5.41, 5.74) is 1.28. The van der Waals surface area contributed by atoms with Crippen LogP contribution in [0.5, 0.6) is 0 Å². The summed E-state index contributed by atoms with van der Waals surface area (Å²) in [5, 5.41) is 5.47. The van der Waals surface area contributed by atoms with Crippen LogP contribution >= 0.6 is 0 Å². The number of urea groups is 1. The van der Waals surface area contributed by atoms with Crippen molar-refractivity contribution in [3.8, 4) is 0 Å². The minimum Gasteiger partial charge on any atom is -0.336 e. The molecule has 5 heteroatoms. The van der Waals surface area contributed by atoms with Crippen LogP contribution in [0.3, 0.4) is 0 Å². The van der Waals surface area contributed by atoms with Gasteiger partial charge in [-0.15, -0.1) is 0 Å². The van der Waals surface area contributed by atoms with Crippen molar-refractivity contribution >= 4 is 23.3 Å². The molecule has 1 rings (SSSR count). The van der Waals surface area contributed by atoms with Crippen LogP contribution < -0.4 is 15.5 Å². The average molecular weight is 249 g/mol. The van der Waals surface area contributed by atoms with Crippen molar-refractivity contribution in [3.63, 3.8) is 0 Å². The minimum atomic E-state index is -0.283. The van der Waals surface area contributed by atoms with Crippen molar-refractivity contribution < 1.29 is 9.59 Å². The van der Waals surface area contributed by atoms with Gasteiger partial charge in [-0.2, -0.15) is 0 Å². The first-order valence-electron chi connectivity index (χ1n) is 5.82. The zero-order valence-electron chi connectivity index (χ0n) is 11.2. The Morgan fingerprint density at radius 2 is 1.83 bits per heavy atom. The number of benzene rings is 1. The Hall–Kier alpha value is -2.04. The molecular formula is C13H19N3O2. The molecule has 0 atom stereocenters. The van der Waals surface area contributed by atoms with Crippen LogP contribution in [0.1, 0.15) is 20.8 Å². The third kappa shape index (κ3) is 3.76. The van der Waals surface area contributed by atoms with Gasteiger partial charge in [0, 0.05) is 20.0 Å². The maximum absolute atomic E-state index is 11.6. The predicted molar refractivity (Wildman–Crippen MR) is 72.8 cm³/mol. The van der Waals surface area contributed by atoms with Crippen molar-refractivity contribution in [2.24, 2.45) is 0 Å². The highest BCUT2D eigenvalue weighted by Crippen LogP contribution is 2.24. The fourth-order valence-electron chi connectivity index (χ4n) is 1.46. The summed E-state index contributed by atoms with van der Waals surface area (Å²) < 4.78 is 0. The van der Waals surface area contributed by atoms with Gasteiger partial charge >= 0.3 is 6.03 Å². The summed E-state index contributed by atoms with van der Waals surface area (Å²) in [6.45, 7) is 5.24. The molecular weight excluding hydrogens is 230 g/mol. The highest BCUT2D eigenvalue weighted by Gasteiger charge is 2.12. The first-order valence-corrected chi connectivity index (χ1v) is 5.82. The van der Waals surface area contributed by atoms with Crippen LogP contribution in [0, 0.1) is 0 Å². The molecule has 0 heterocycles. The number of hydrogen-bond acceptors (Lipinski definition) is 2. The second-order valence-corrected chi connectivity index (χ2v) is 4.35. The normalized spacial score (nSPS) is 10.1. The van der Waals surface area contributed by atoms with E-state index in [0.717, 1.165) is 0 Å². The third-order valence-electron chi connectivity index (χ3n) is 2.41. The molecule has 0 radical (unpaired) electrons. The van der Waals surface area contributed by atoms with Crippen molar-refractivity contribution in [3.05, 3.63) is 24.3 Å². The van der Waals surface area contributed by atoms with Gasteiger partial charge in [0.1, 0.15) is 0 Å². The quantitative estimate of drug-likeness (QED) is 0.862. The highest BCUT2D eigenvalue weighted by atomic mass is 16.2. The van der Waals surface area contributed by atoms with Gasteiger partial charge < -0.3 is 15.5 Å². The molecule has 0 fully saturated rings. The zero-order valence-corrected chi connectivity index (χ0v) is 11.2. The van der Waals surface area contributed by atoms with Crippen LogP contribution in [0.25, 0.3) is 0 Å². The van der Waals surface area contributed by atoms with Gasteiger partial charge in [-0.1, -0.05) is 12.1 Å². The predicted octanol–water partition coefficient (Wildman–Crippen LogP) is 2.20. The number of anilines is 2. The molecule has 5 nitrogen and oxygen atoms in total. The van der Waals surface area contributed by atoms with Gasteiger partial charge in [-0.05, 0) is 26.0 Å². The number of nitrogens with one attached hydrogen (secondary N) is 2. The summed E-state index contributed by atoms with van der Waals surface area (Å²) in [5.74, 6) is -0.0893. The number of carbonyl (C=O) groups is 2. The van der Waals surface area contributed by atoms with Gasteiger partial charge in [-0.3, -0.25) is 4.79 Å². The topological polar surface area (TPSA) is 61.4 Å². The van der Waals surface area contributed by atoms with E-state index in [9.17, 15) is 9.59 Å². The van der Waals surface area contributed by atoms with Crippen LogP contribution in [0.15, 0.2) is 24.3 Å². The van der Waals surface area contributed by atoms with Gasteiger partial charge in [-0.25, -0.2) is 4.79 Å². The molecule has 18 heavy (non-hydrogen) atoms. The second-order valence-electron chi connectivity index (χ2n) is 4.35. The first kappa shape index (κ1) is 14.0. The molecule has 1 aromatic carbocycles. The molecule has 0 saturated carbocycles. The number of carbonyl (C=O) groups excluding carboxylic acids is 2.